The van der Waals surface area contributed by atoms with E-state index >= 15 is 0 Å². The zero-order valence-corrected chi connectivity index (χ0v) is 12.4. The number of anilines is 3. The van der Waals surface area contributed by atoms with Gasteiger partial charge in [0.05, 0.1) is 11.8 Å². The highest BCUT2D eigenvalue weighted by atomic mass is 19.1. The fraction of sp³-hybridized carbons (Fsp3) is 0.357. The molecule has 6 nitrogen and oxygen atoms in total. The van der Waals surface area contributed by atoms with Crippen molar-refractivity contribution in [3.8, 4) is 6.01 Å². The molecule has 7 heteroatoms. The van der Waals surface area contributed by atoms with E-state index in [1.807, 2.05) is 20.8 Å². The van der Waals surface area contributed by atoms with Gasteiger partial charge in [-0.3, -0.25) is 0 Å². The van der Waals surface area contributed by atoms with Crippen molar-refractivity contribution in [2.24, 2.45) is 0 Å². The number of benzene rings is 1. The van der Waals surface area contributed by atoms with E-state index in [0.29, 0.717) is 11.6 Å². The van der Waals surface area contributed by atoms with Gasteiger partial charge in [-0.05, 0) is 38.5 Å². The summed E-state index contributed by atoms with van der Waals surface area (Å²) < 4.78 is 19.2. The molecular weight excluding hydrogens is 273 g/mol. The summed E-state index contributed by atoms with van der Waals surface area (Å²) in [7, 11) is 1.69. The van der Waals surface area contributed by atoms with Crippen molar-refractivity contribution in [3.05, 3.63) is 29.6 Å². The van der Waals surface area contributed by atoms with Gasteiger partial charge in [-0.15, -0.1) is 0 Å². The van der Waals surface area contributed by atoms with Crippen molar-refractivity contribution in [3.63, 3.8) is 0 Å². The maximum atomic E-state index is 13.8. The molecule has 1 aromatic heterocycles. The number of aryl methyl sites for hydroxylation is 1. The van der Waals surface area contributed by atoms with Crippen LogP contribution in [0.1, 0.15) is 19.4 Å². The minimum Gasteiger partial charge on any atom is -0.461 e. The Morgan fingerprint density at radius 3 is 2.52 bits per heavy atom. The third-order valence-corrected chi connectivity index (χ3v) is 2.55. The molecule has 0 fully saturated rings. The number of ether oxygens (including phenoxy) is 1. The van der Waals surface area contributed by atoms with Crippen LogP contribution in [0.25, 0.3) is 0 Å². The Bertz CT molecular complexity index is 633. The molecule has 0 atom stereocenters. The first-order valence-electron chi connectivity index (χ1n) is 6.61. The largest absolute Gasteiger partial charge is 0.461 e. The number of aromatic nitrogens is 3. The van der Waals surface area contributed by atoms with Crippen LogP contribution in [0, 0.1) is 12.7 Å². The van der Waals surface area contributed by atoms with Crippen LogP contribution in [-0.4, -0.2) is 28.1 Å². The van der Waals surface area contributed by atoms with Gasteiger partial charge in [0.1, 0.15) is 5.82 Å². The monoisotopic (exact) mass is 291 g/mol. The molecule has 0 spiro atoms. The first-order valence-corrected chi connectivity index (χ1v) is 6.61. The van der Waals surface area contributed by atoms with Gasteiger partial charge < -0.3 is 15.4 Å². The van der Waals surface area contributed by atoms with Gasteiger partial charge in [0.2, 0.25) is 11.9 Å². The first-order chi connectivity index (χ1) is 9.97. The molecule has 0 saturated carbocycles. The summed E-state index contributed by atoms with van der Waals surface area (Å²) >= 11 is 0. The standard InChI is InChI=1S/C14H18FN5O/c1-8(2)21-14-19-12(16-4)18-13(20-14)17-11-7-9(3)5-6-10(11)15/h5-8H,1-4H3,(H2,16,17,18,19,20). The van der Waals surface area contributed by atoms with E-state index in [0.717, 1.165) is 5.56 Å². The van der Waals surface area contributed by atoms with Crippen molar-refractivity contribution in [2.75, 3.05) is 17.7 Å². The Balaban J connectivity index is 2.32. The second kappa shape index (κ2) is 6.34. The minimum atomic E-state index is -0.377. The lowest BCUT2D eigenvalue weighted by Gasteiger charge is -2.11. The van der Waals surface area contributed by atoms with Crippen LogP contribution < -0.4 is 15.4 Å². The molecule has 0 bridgehead atoms. The smallest absolute Gasteiger partial charge is 0.323 e. The Morgan fingerprint density at radius 2 is 1.86 bits per heavy atom. The Morgan fingerprint density at radius 1 is 1.14 bits per heavy atom. The molecule has 0 aliphatic heterocycles. The van der Waals surface area contributed by atoms with Crippen molar-refractivity contribution in [1.82, 2.24) is 15.0 Å². The SMILES string of the molecule is CNc1nc(Nc2cc(C)ccc2F)nc(OC(C)C)n1. The summed E-state index contributed by atoms with van der Waals surface area (Å²) in [6.45, 7) is 5.62. The van der Waals surface area contributed by atoms with E-state index in [4.69, 9.17) is 4.74 Å². The topological polar surface area (TPSA) is 72.0 Å². The van der Waals surface area contributed by atoms with Crippen LogP contribution in [-0.2, 0) is 0 Å². The predicted octanol–water partition coefficient (Wildman–Crippen LogP) is 2.89. The molecule has 0 aliphatic rings. The number of hydrogen-bond donors (Lipinski definition) is 2. The number of nitrogens with zero attached hydrogens (tertiary/aromatic N) is 3. The molecule has 0 aliphatic carbocycles. The summed E-state index contributed by atoms with van der Waals surface area (Å²) in [4.78, 5) is 12.3. The van der Waals surface area contributed by atoms with E-state index in [1.165, 1.54) is 6.07 Å². The van der Waals surface area contributed by atoms with Crippen LogP contribution in [0.2, 0.25) is 0 Å². The van der Waals surface area contributed by atoms with Gasteiger partial charge in [-0.1, -0.05) is 6.07 Å². The molecule has 2 aromatic rings. The normalized spacial score (nSPS) is 10.6. The van der Waals surface area contributed by atoms with Gasteiger partial charge >= 0.3 is 6.01 Å². The minimum absolute atomic E-state index is 0.0688. The average molecular weight is 291 g/mol. The Kier molecular flexibility index (Phi) is 4.52. The van der Waals surface area contributed by atoms with Crippen LogP contribution in [0.5, 0.6) is 6.01 Å². The third kappa shape index (κ3) is 4.01. The van der Waals surface area contributed by atoms with Crippen LogP contribution >= 0.6 is 0 Å². The maximum absolute atomic E-state index is 13.8. The van der Waals surface area contributed by atoms with Crippen molar-refractivity contribution >= 4 is 17.6 Å². The van der Waals surface area contributed by atoms with E-state index in [1.54, 1.807) is 19.2 Å². The molecule has 1 aromatic carbocycles. The Labute approximate surface area is 122 Å². The van der Waals surface area contributed by atoms with E-state index in [2.05, 4.69) is 25.6 Å². The second-order valence-electron chi connectivity index (χ2n) is 4.79. The molecule has 0 amide bonds. The molecule has 0 saturated heterocycles. The zero-order chi connectivity index (χ0) is 15.4. The zero-order valence-electron chi connectivity index (χ0n) is 12.4. The summed E-state index contributed by atoms with van der Waals surface area (Å²) in [6.07, 6.45) is -0.0688. The highest BCUT2D eigenvalue weighted by molar-refractivity contribution is 5.56. The lowest BCUT2D eigenvalue weighted by Crippen LogP contribution is -2.12. The molecule has 0 unspecified atom stereocenters. The third-order valence-electron chi connectivity index (χ3n) is 2.55. The van der Waals surface area contributed by atoms with Crippen LogP contribution in [0.15, 0.2) is 18.2 Å². The van der Waals surface area contributed by atoms with Gasteiger partial charge in [0.25, 0.3) is 0 Å². The van der Waals surface area contributed by atoms with Gasteiger partial charge in [0, 0.05) is 7.05 Å². The van der Waals surface area contributed by atoms with Crippen LogP contribution in [0.4, 0.5) is 22.0 Å². The quantitative estimate of drug-likeness (QED) is 0.882. The molecule has 2 N–H and O–H groups in total. The molecule has 0 radical (unpaired) electrons. The number of nitrogens with one attached hydrogen (secondary N) is 2. The number of hydrogen-bond acceptors (Lipinski definition) is 6. The number of halogens is 1. The van der Waals surface area contributed by atoms with Crippen molar-refractivity contribution in [2.45, 2.75) is 26.9 Å². The molecule has 112 valence electrons. The van der Waals surface area contributed by atoms with Gasteiger partial charge in [0.15, 0.2) is 0 Å². The van der Waals surface area contributed by atoms with Gasteiger partial charge in [-0.2, -0.15) is 15.0 Å². The molecule has 2 rings (SSSR count). The van der Waals surface area contributed by atoms with Crippen molar-refractivity contribution < 1.29 is 9.13 Å². The van der Waals surface area contributed by atoms with Crippen LogP contribution in [0.3, 0.4) is 0 Å². The highest BCUT2D eigenvalue weighted by Gasteiger charge is 2.10. The lowest BCUT2D eigenvalue weighted by molar-refractivity contribution is 0.222. The van der Waals surface area contributed by atoms with E-state index in [-0.39, 0.29) is 23.9 Å². The molecule has 1 heterocycles. The fourth-order valence-corrected chi connectivity index (χ4v) is 1.64. The van der Waals surface area contributed by atoms with Gasteiger partial charge in [-0.25, -0.2) is 4.39 Å². The predicted molar refractivity (Wildman–Crippen MR) is 79.6 cm³/mol. The lowest BCUT2D eigenvalue weighted by atomic mass is 10.2. The first kappa shape index (κ1) is 15.0. The fourth-order valence-electron chi connectivity index (χ4n) is 1.64. The number of rotatable bonds is 5. The molecule has 21 heavy (non-hydrogen) atoms. The summed E-state index contributed by atoms with van der Waals surface area (Å²) in [5, 5.41) is 5.66. The second-order valence-corrected chi connectivity index (χ2v) is 4.79. The summed E-state index contributed by atoms with van der Waals surface area (Å²) in [6, 6.07) is 4.95. The summed E-state index contributed by atoms with van der Waals surface area (Å²) in [5.74, 6) is 0.184. The Hall–Kier alpha value is -2.44. The molecular formula is C14H18FN5O. The van der Waals surface area contributed by atoms with E-state index in [9.17, 15) is 4.39 Å². The summed E-state index contributed by atoms with van der Waals surface area (Å²) in [5.41, 5.74) is 1.24. The van der Waals surface area contributed by atoms with E-state index < -0.39 is 0 Å². The highest BCUT2D eigenvalue weighted by Crippen LogP contribution is 2.21. The van der Waals surface area contributed by atoms with Crippen molar-refractivity contribution in [1.29, 1.82) is 0 Å². The maximum Gasteiger partial charge on any atom is 0.323 e. The average Bonchev–Trinajstić information content (AvgIpc) is 2.42.